The van der Waals surface area contributed by atoms with Crippen LogP contribution in [0, 0.1) is 3.95 Å². The van der Waals surface area contributed by atoms with Gasteiger partial charge in [-0.15, -0.1) is 5.10 Å². The number of anilines is 1. The molecule has 0 spiro atoms. The maximum absolute atomic E-state index is 12.2. The summed E-state index contributed by atoms with van der Waals surface area (Å²) in [6.07, 6.45) is 0. The second kappa shape index (κ2) is 9.13. The maximum atomic E-state index is 12.2. The maximum Gasteiger partial charge on any atom is 0.234 e. The zero-order valence-corrected chi connectivity index (χ0v) is 18.7. The monoisotopic (exact) mass is 495 g/mol. The third kappa shape index (κ3) is 5.38. The van der Waals surface area contributed by atoms with Gasteiger partial charge < -0.3 is 5.32 Å². The minimum atomic E-state index is -0.251. The summed E-state index contributed by atoms with van der Waals surface area (Å²) >= 11 is 31.7. The van der Waals surface area contributed by atoms with Gasteiger partial charge in [0.1, 0.15) is 0 Å². The largest absolute Gasteiger partial charge is 0.324 e. The van der Waals surface area contributed by atoms with Gasteiger partial charge in [-0.05, 0) is 48.6 Å². The summed E-state index contributed by atoms with van der Waals surface area (Å²) in [6, 6.07) is 10.2. The molecule has 0 radical (unpaired) electrons. The van der Waals surface area contributed by atoms with Crippen LogP contribution in [0.1, 0.15) is 0 Å². The topological polar surface area (TPSA) is 46.9 Å². The molecule has 3 aromatic rings. The molecule has 0 atom stereocenters. The highest BCUT2D eigenvalue weighted by Crippen LogP contribution is 2.32. The van der Waals surface area contributed by atoms with Crippen molar-refractivity contribution in [1.82, 2.24) is 9.78 Å². The number of nitrogens with one attached hydrogen (secondary N) is 1. The number of halogens is 4. The molecule has 0 saturated carbocycles. The molecule has 27 heavy (non-hydrogen) atoms. The Bertz CT molecular complexity index is 1050. The van der Waals surface area contributed by atoms with Crippen LogP contribution in [0.2, 0.25) is 20.1 Å². The van der Waals surface area contributed by atoms with E-state index < -0.39 is 0 Å². The summed E-state index contributed by atoms with van der Waals surface area (Å²) in [5, 5.41) is 8.71. The number of hydrogen-bond donors (Lipinski definition) is 1. The fourth-order valence-electron chi connectivity index (χ4n) is 2.00. The van der Waals surface area contributed by atoms with Gasteiger partial charge in [-0.25, -0.2) is 4.68 Å². The molecule has 3 rings (SSSR count). The third-order valence-corrected chi connectivity index (χ3v) is 6.86. The summed E-state index contributed by atoms with van der Waals surface area (Å²) in [7, 11) is 0. The molecule has 0 saturated heterocycles. The van der Waals surface area contributed by atoms with E-state index in [1.807, 2.05) is 12.1 Å². The molecule has 1 N–H and O–H groups in total. The highest BCUT2D eigenvalue weighted by atomic mass is 35.5. The first-order valence-electron chi connectivity index (χ1n) is 7.27. The third-order valence-electron chi connectivity index (χ3n) is 3.21. The van der Waals surface area contributed by atoms with Crippen molar-refractivity contribution in [2.24, 2.45) is 0 Å². The van der Waals surface area contributed by atoms with Crippen molar-refractivity contribution in [3.05, 3.63) is 60.4 Å². The number of carbonyl (C=O) groups excluding carboxylic acids is 1. The minimum Gasteiger partial charge on any atom is -0.324 e. The fraction of sp³-hybridized carbons (Fsp3) is 0.0625. The van der Waals surface area contributed by atoms with Crippen LogP contribution in [0.3, 0.4) is 0 Å². The van der Waals surface area contributed by atoms with Gasteiger partial charge in [-0.2, -0.15) is 0 Å². The van der Waals surface area contributed by atoms with E-state index in [1.54, 1.807) is 16.8 Å². The molecule has 0 aliphatic heterocycles. The molecular weight excluding hydrogens is 488 g/mol. The van der Waals surface area contributed by atoms with Crippen molar-refractivity contribution in [2.45, 2.75) is 4.34 Å². The Hall–Kier alpha value is -0.800. The van der Waals surface area contributed by atoms with Crippen LogP contribution in [0.5, 0.6) is 0 Å². The van der Waals surface area contributed by atoms with E-state index in [0.29, 0.717) is 34.1 Å². The lowest BCUT2D eigenvalue weighted by molar-refractivity contribution is -0.113. The number of benzene rings is 2. The lowest BCUT2D eigenvalue weighted by Gasteiger charge is -2.08. The second-order valence-electron chi connectivity index (χ2n) is 5.11. The molecular formula is C16H9Cl4N3OS3. The Labute approximate surface area is 188 Å². The molecule has 1 heterocycles. The van der Waals surface area contributed by atoms with Gasteiger partial charge in [0.2, 0.25) is 5.91 Å². The Morgan fingerprint density at radius 1 is 1.11 bits per heavy atom. The van der Waals surface area contributed by atoms with Crippen molar-refractivity contribution in [1.29, 1.82) is 0 Å². The zero-order valence-electron chi connectivity index (χ0n) is 13.2. The quantitative estimate of drug-likeness (QED) is 0.234. The van der Waals surface area contributed by atoms with Gasteiger partial charge in [0.15, 0.2) is 8.29 Å². The number of amides is 1. The summed E-state index contributed by atoms with van der Waals surface area (Å²) in [5.74, 6) is -0.112. The van der Waals surface area contributed by atoms with Gasteiger partial charge in [-0.3, -0.25) is 4.79 Å². The number of aromatic nitrogens is 2. The molecule has 0 unspecified atom stereocenters. The van der Waals surface area contributed by atoms with E-state index in [9.17, 15) is 4.79 Å². The molecule has 0 aliphatic rings. The van der Waals surface area contributed by atoms with Gasteiger partial charge in [0.05, 0.1) is 32.2 Å². The Morgan fingerprint density at radius 3 is 2.48 bits per heavy atom. The summed E-state index contributed by atoms with van der Waals surface area (Å²) < 4.78 is 2.88. The summed E-state index contributed by atoms with van der Waals surface area (Å²) in [4.78, 5) is 12.2. The van der Waals surface area contributed by atoms with Crippen molar-refractivity contribution in [3.8, 4) is 5.69 Å². The molecule has 4 nitrogen and oxygen atoms in total. The summed E-state index contributed by atoms with van der Waals surface area (Å²) in [5.41, 5.74) is 1.20. The molecule has 1 aromatic heterocycles. The zero-order chi connectivity index (χ0) is 19.6. The van der Waals surface area contributed by atoms with Crippen LogP contribution in [-0.4, -0.2) is 21.4 Å². The second-order valence-corrected chi connectivity index (χ2v) is 9.61. The lowest BCUT2D eigenvalue weighted by Crippen LogP contribution is -2.14. The minimum absolute atomic E-state index is 0.138. The SMILES string of the molecule is O=C(CSc1nn(-c2ccc(Cl)cc2)c(=S)s1)Nc1cc(Cl)c(Cl)cc1Cl. The van der Waals surface area contributed by atoms with Gasteiger partial charge in [-0.1, -0.05) is 69.5 Å². The van der Waals surface area contributed by atoms with Gasteiger partial charge in [0.25, 0.3) is 0 Å². The molecule has 140 valence electrons. The number of rotatable bonds is 5. The Balaban J connectivity index is 1.66. The van der Waals surface area contributed by atoms with E-state index in [4.69, 9.17) is 58.6 Å². The first kappa shape index (κ1) is 20.9. The molecule has 0 aliphatic carbocycles. The molecule has 2 aromatic carbocycles. The standard InChI is InChI=1S/C16H9Cl4N3OS3/c17-8-1-3-9(4-2-8)23-16(25)27-15(22-23)26-7-14(24)21-13-6-11(19)10(18)5-12(13)20/h1-6H,7H2,(H,21,24). The molecule has 1 amide bonds. The van der Waals surface area contributed by atoms with Crippen LogP contribution in [-0.2, 0) is 4.79 Å². The van der Waals surface area contributed by atoms with E-state index >= 15 is 0 Å². The van der Waals surface area contributed by atoms with E-state index in [2.05, 4.69) is 10.4 Å². The average molecular weight is 497 g/mol. The lowest BCUT2D eigenvalue weighted by atomic mass is 10.3. The predicted molar refractivity (Wildman–Crippen MR) is 118 cm³/mol. The normalized spacial score (nSPS) is 10.8. The van der Waals surface area contributed by atoms with Crippen molar-refractivity contribution in [3.63, 3.8) is 0 Å². The molecule has 0 bridgehead atoms. The first-order valence-corrected chi connectivity index (χ1v) is 11.0. The first-order chi connectivity index (χ1) is 12.8. The van der Waals surface area contributed by atoms with E-state index in [1.165, 1.54) is 35.2 Å². The highest BCUT2D eigenvalue weighted by Gasteiger charge is 2.12. The van der Waals surface area contributed by atoms with Crippen LogP contribution in [0.15, 0.2) is 40.7 Å². The van der Waals surface area contributed by atoms with Gasteiger partial charge in [0, 0.05) is 5.02 Å². The van der Waals surface area contributed by atoms with Crippen LogP contribution < -0.4 is 5.32 Å². The highest BCUT2D eigenvalue weighted by molar-refractivity contribution is 8.01. The Kier molecular flexibility index (Phi) is 7.08. The van der Waals surface area contributed by atoms with E-state index in [-0.39, 0.29) is 11.7 Å². The van der Waals surface area contributed by atoms with Crippen molar-refractivity contribution in [2.75, 3.05) is 11.1 Å². The van der Waals surface area contributed by atoms with Gasteiger partial charge >= 0.3 is 0 Å². The fourth-order valence-corrected chi connectivity index (χ4v) is 4.88. The number of carbonyl (C=O) groups is 1. The molecule has 0 fully saturated rings. The number of hydrogen-bond acceptors (Lipinski definition) is 5. The predicted octanol–water partition coefficient (Wildman–Crippen LogP) is 7.01. The van der Waals surface area contributed by atoms with E-state index in [0.717, 1.165) is 5.69 Å². The van der Waals surface area contributed by atoms with Crippen LogP contribution in [0.4, 0.5) is 5.69 Å². The molecule has 11 heteroatoms. The smallest absolute Gasteiger partial charge is 0.234 e. The van der Waals surface area contributed by atoms with Crippen LogP contribution in [0.25, 0.3) is 5.69 Å². The number of nitrogens with zero attached hydrogens (tertiary/aromatic N) is 2. The Morgan fingerprint density at radius 2 is 1.78 bits per heavy atom. The summed E-state index contributed by atoms with van der Waals surface area (Å²) in [6.45, 7) is 0. The van der Waals surface area contributed by atoms with Crippen LogP contribution >= 0.6 is 81.7 Å². The average Bonchev–Trinajstić information content (AvgIpc) is 2.99. The van der Waals surface area contributed by atoms with Crippen molar-refractivity contribution >= 4 is 93.3 Å². The number of thioether (sulfide) groups is 1. The van der Waals surface area contributed by atoms with Crippen molar-refractivity contribution < 1.29 is 4.79 Å².